The number of unbranched alkanes of at least 4 members (excludes halogenated alkanes) is 3. The minimum Gasteiger partial charge on any atom is -0.491 e. The lowest BCUT2D eigenvalue weighted by Crippen LogP contribution is -2.22. The van der Waals surface area contributed by atoms with Crippen LogP contribution in [0.5, 0.6) is 11.5 Å². The average Bonchev–Trinajstić information content (AvgIpc) is 3.13. The first-order valence-corrected chi connectivity index (χ1v) is 10.1. The van der Waals surface area contributed by atoms with E-state index in [1.807, 2.05) is 0 Å². The van der Waals surface area contributed by atoms with Crippen LogP contribution in [0.15, 0.2) is 6.07 Å². The Morgan fingerprint density at radius 2 is 1.96 bits per heavy atom. The molecule has 2 heterocycles. The predicted octanol–water partition coefficient (Wildman–Crippen LogP) is 4.68. The largest absolute Gasteiger partial charge is 0.491 e. The second kappa shape index (κ2) is 8.83. The topological polar surface area (TPSA) is 73.5 Å². The molecular formula is C20H29ClN4O2. The molecule has 7 heteroatoms. The summed E-state index contributed by atoms with van der Waals surface area (Å²) in [5.41, 5.74) is 6.86. The highest BCUT2D eigenvalue weighted by atomic mass is 35.5. The highest BCUT2D eigenvalue weighted by Crippen LogP contribution is 2.42. The summed E-state index contributed by atoms with van der Waals surface area (Å²) in [6.45, 7) is 4.18. The van der Waals surface area contributed by atoms with Gasteiger partial charge in [-0.2, -0.15) is 4.98 Å². The minimum absolute atomic E-state index is 0.407. The number of anilines is 2. The maximum atomic E-state index is 6.29. The molecule has 148 valence electrons. The van der Waals surface area contributed by atoms with Crippen LogP contribution in [0.3, 0.4) is 0 Å². The van der Waals surface area contributed by atoms with Gasteiger partial charge in [0.15, 0.2) is 11.5 Å². The van der Waals surface area contributed by atoms with E-state index in [9.17, 15) is 0 Å². The average molecular weight is 393 g/mol. The van der Waals surface area contributed by atoms with Crippen LogP contribution in [0, 0.1) is 5.92 Å². The molecule has 0 radical (unpaired) electrons. The highest BCUT2D eigenvalue weighted by Gasteiger charge is 2.26. The van der Waals surface area contributed by atoms with Crippen molar-refractivity contribution < 1.29 is 9.47 Å². The molecule has 1 aliphatic rings. The molecule has 1 aromatic carbocycles. The Hall–Kier alpha value is -1.95. The molecular weight excluding hydrogens is 364 g/mol. The monoisotopic (exact) mass is 392 g/mol. The zero-order chi connectivity index (χ0) is 19.4. The van der Waals surface area contributed by atoms with Gasteiger partial charge in [0.25, 0.3) is 0 Å². The smallest absolute Gasteiger partial charge is 0.228 e. The summed E-state index contributed by atoms with van der Waals surface area (Å²) < 4.78 is 10.9. The van der Waals surface area contributed by atoms with Crippen LogP contribution in [-0.2, 0) is 0 Å². The van der Waals surface area contributed by atoms with Gasteiger partial charge in [0.05, 0.1) is 19.2 Å². The molecule has 0 aliphatic carbocycles. The van der Waals surface area contributed by atoms with E-state index in [1.165, 1.54) is 38.5 Å². The van der Waals surface area contributed by atoms with Crippen molar-refractivity contribution >= 4 is 34.3 Å². The Morgan fingerprint density at radius 3 is 2.67 bits per heavy atom. The van der Waals surface area contributed by atoms with Gasteiger partial charge >= 0.3 is 0 Å². The summed E-state index contributed by atoms with van der Waals surface area (Å²) in [7, 11) is 3.14. The summed E-state index contributed by atoms with van der Waals surface area (Å²) in [4.78, 5) is 11.5. The van der Waals surface area contributed by atoms with Gasteiger partial charge < -0.3 is 20.1 Å². The number of fused-ring (bicyclic) bond motifs is 1. The van der Waals surface area contributed by atoms with Crippen molar-refractivity contribution in [2.75, 3.05) is 37.9 Å². The fourth-order valence-electron chi connectivity index (χ4n) is 3.83. The van der Waals surface area contributed by atoms with E-state index < -0.39 is 0 Å². The third kappa shape index (κ3) is 4.15. The van der Waals surface area contributed by atoms with Gasteiger partial charge in [-0.05, 0) is 24.8 Å². The van der Waals surface area contributed by atoms with Gasteiger partial charge in [-0.1, -0.05) is 44.2 Å². The second-order valence-electron chi connectivity index (χ2n) is 7.18. The molecule has 2 N–H and O–H groups in total. The molecule has 27 heavy (non-hydrogen) atoms. The van der Waals surface area contributed by atoms with Crippen molar-refractivity contribution in [3.8, 4) is 11.5 Å². The number of nitrogens with zero attached hydrogens (tertiary/aromatic N) is 3. The van der Waals surface area contributed by atoms with Crippen molar-refractivity contribution in [3.05, 3.63) is 11.1 Å². The Kier molecular flexibility index (Phi) is 6.47. The number of benzene rings is 1. The van der Waals surface area contributed by atoms with E-state index in [0.717, 1.165) is 13.1 Å². The molecule has 1 fully saturated rings. The standard InChI is InChI=1S/C20H29ClN4O2/c1-4-5-6-7-8-13-9-10-25(12-13)20-23-16-14(19(22)24-20)11-15(21)17(26-2)18(16)27-3/h11,13H,4-10,12H2,1-3H3,(H2,22,23,24). The summed E-state index contributed by atoms with van der Waals surface area (Å²) in [5, 5.41) is 1.11. The van der Waals surface area contributed by atoms with Gasteiger partial charge in [0.2, 0.25) is 5.95 Å². The number of aromatic nitrogens is 2. The minimum atomic E-state index is 0.407. The van der Waals surface area contributed by atoms with Gasteiger partial charge in [-0.3, -0.25) is 0 Å². The molecule has 0 saturated carbocycles. The molecule has 1 aromatic heterocycles. The number of ether oxygens (including phenoxy) is 2. The van der Waals surface area contributed by atoms with E-state index in [1.54, 1.807) is 20.3 Å². The van der Waals surface area contributed by atoms with Crippen molar-refractivity contribution in [2.45, 2.75) is 45.4 Å². The molecule has 1 atom stereocenters. The van der Waals surface area contributed by atoms with Crippen molar-refractivity contribution in [3.63, 3.8) is 0 Å². The predicted molar refractivity (Wildman–Crippen MR) is 111 cm³/mol. The van der Waals surface area contributed by atoms with Crippen molar-refractivity contribution in [2.24, 2.45) is 5.92 Å². The van der Waals surface area contributed by atoms with Crippen LogP contribution < -0.4 is 20.1 Å². The van der Waals surface area contributed by atoms with E-state index >= 15 is 0 Å². The summed E-state index contributed by atoms with van der Waals surface area (Å²) in [6, 6.07) is 1.73. The fourth-order valence-corrected chi connectivity index (χ4v) is 4.10. The van der Waals surface area contributed by atoms with E-state index in [2.05, 4.69) is 16.8 Å². The fraction of sp³-hybridized carbons (Fsp3) is 0.600. The summed E-state index contributed by atoms with van der Waals surface area (Å²) in [5.74, 6) is 2.71. The quantitative estimate of drug-likeness (QED) is 0.657. The van der Waals surface area contributed by atoms with E-state index in [-0.39, 0.29) is 0 Å². The molecule has 0 spiro atoms. The van der Waals surface area contributed by atoms with Crippen LogP contribution in [0.1, 0.15) is 45.4 Å². The Morgan fingerprint density at radius 1 is 1.19 bits per heavy atom. The van der Waals surface area contributed by atoms with Crippen molar-refractivity contribution in [1.82, 2.24) is 9.97 Å². The number of methoxy groups -OCH3 is 2. The maximum Gasteiger partial charge on any atom is 0.228 e. The summed E-state index contributed by atoms with van der Waals surface area (Å²) in [6.07, 6.45) is 7.67. The Balaban J connectivity index is 1.85. The number of hydrogen-bond donors (Lipinski definition) is 1. The number of nitrogens with two attached hydrogens (primary N) is 1. The number of rotatable bonds is 8. The van der Waals surface area contributed by atoms with Crippen LogP contribution >= 0.6 is 11.6 Å². The third-order valence-electron chi connectivity index (χ3n) is 5.32. The zero-order valence-electron chi connectivity index (χ0n) is 16.4. The molecule has 1 aliphatic heterocycles. The van der Waals surface area contributed by atoms with E-state index in [0.29, 0.717) is 45.1 Å². The normalized spacial score (nSPS) is 16.9. The number of halogens is 1. The number of hydrogen-bond acceptors (Lipinski definition) is 6. The molecule has 1 unspecified atom stereocenters. The highest BCUT2D eigenvalue weighted by molar-refractivity contribution is 6.33. The Bertz CT molecular complexity index is 799. The van der Waals surface area contributed by atoms with Crippen LogP contribution in [0.25, 0.3) is 10.9 Å². The molecule has 6 nitrogen and oxygen atoms in total. The van der Waals surface area contributed by atoms with Crippen LogP contribution in [0.4, 0.5) is 11.8 Å². The third-order valence-corrected chi connectivity index (χ3v) is 5.60. The lowest BCUT2D eigenvalue weighted by Gasteiger charge is -2.19. The second-order valence-corrected chi connectivity index (χ2v) is 7.59. The van der Waals surface area contributed by atoms with Gasteiger partial charge in [0.1, 0.15) is 11.3 Å². The SMILES string of the molecule is CCCCCCC1CCN(c2nc(N)c3cc(Cl)c(OC)c(OC)c3n2)C1. The van der Waals surface area contributed by atoms with Gasteiger partial charge in [-0.25, -0.2) is 4.98 Å². The first kappa shape index (κ1) is 19.8. The van der Waals surface area contributed by atoms with Crippen LogP contribution in [-0.4, -0.2) is 37.3 Å². The van der Waals surface area contributed by atoms with Crippen LogP contribution in [0.2, 0.25) is 5.02 Å². The van der Waals surface area contributed by atoms with Gasteiger partial charge in [0, 0.05) is 18.5 Å². The van der Waals surface area contributed by atoms with Gasteiger partial charge in [-0.15, -0.1) is 0 Å². The molecule has 2 aromatic rings. The summed E-state index contributed by atoms with van der Waals surface area (Å²) >= 11 is 6.29. The maximum absolute atomic E-state index is 6.29. The zero-order valence-corrected chi connectivity index (χ0v) is 17.2. The number of nitrogen functional groups attached to an aromatic ring is 1. The molecule has 0 amide bonds. The Labute approximate surface area is 166 Å². The molecule has 3 rings (SSSR count). The lowest BCUT2D eigenvalue weighted by atomic mass is 10.0. The first-order valence-electron chi connectivity index (χ1n) is 9.71. The molecule has 0 bridgehead atoms. The molecule has 1 saturated heterocycles. The van der Waals surface area contributed by atoms with E-state index in [4.69, 9.17) is 31.8 Å². The lowest BCUT2D eigenvalue weighted by molar-refractivity contribution is 0.358. The van der Waals surface area contributed by atoms with Crippen molar-refractivity contribution in [1.29, 1.82) is 0 Å². The first-order chi connectivity index (χ1) is 13.1.